The van der Waals surface area contributed by atoms with E-state index < -0.39 is 12.2 Å². The van der Waals surface area contributed by atoms with Crippen LogP contribution in [0.15, 0.2) is 30.3 Å². The molecule has 3 atom stereocenters. The molecule has 0 aliphatic heterocycles. The fourth-order valence-corrected chi connectivity index (χ4v) is 3.34. The van der Waals surface area contributed by atoms with Crippen LogP contribution in [-0.2, 0) is 0 Å². The Morgan fingerprint density at radius 2 is 1.55 bits per heavy atom. The Kier molecular flexibility index (Phi) is 4.74. The maximum Gasteiger partial charge on any atom is 0.407 e. The average molecular weight is 285 g/mol. The highest BCUT2D eigenvalue weighted by molar-refractivity contribution is 5.20. The van der Waals surface area contributed by atoms with Gasteiger partial charge in [0.05, 0.1) is 0 Å². The number of benzene rings is 1. The van der Waals surface area contributed by atoms with E-state index in [0.717, 1.165) is 19.3 Å². The number of rotatable bonds is 3. The summed E-state index contributed by atoms with van der Waals surface area (Å²) in [5.41, 5.74) is 0.297. The van der Waals surface area contributed by atoms with Crippen LogP contribution in [0, 0.1) is 11.8 Å². The first-order chi connectivity index (χ1) is 9.36. The Morgan fingerprint density at radius 1 is 1.00 bits per heavy atom. The van der Waals surface area contributed by atoms with Crippen molar-refractivity contribution in [2.75, 3.05) is 0 Å². The molecule has 20 heavy (non-hydrogen) atoms. The molecule has 1 fully saturated rings. The van der Waals surface area contributed by atoms with Crippen molar-refractivity contribution in [2.24, 2.45) is 11.8 Å². The highest BCUT2D eigenvalue weighted by Gasteiger charge is 2.42. The summed E-state index contributed by atoms with van der Waals surface area (Å²) >= 11 is 0. The van der Waals surface area contributed by atoms with Crippen LogP contribution in [0.25, 0.3) is 0 Å². The van der Waals surface area contributed by atoms with Gasteiger partial charge in [0.1, 0.15) is 6.04 Å². The van der Waals surface area contributed by atoms with Crippen molar-refractivity contribution in [1.82, 2.24) is 5.32 Å². The van der Waals surface area contributed by atoms with Crippen molar-refractivity contribution in [3.8, 4) is 0 Å². The van der Waals surface area contributed by atoms with Crippen LogP contribution in [-0.4, -0.2) is 12.2 Å². The molecule has 0 spiro atoms. The van der Waals surface area contributed by atoms with E-state index in [9.17, 15) is 13.2 Å². The van der Waals surface area contributed by atoms with Crippen LogP contribution < -0.4 is 5.32 Å². The third-order valence-corrected chi connectivity index (χ3v) is 4.04. The predicted molar refractivity (Wildman–Crippen MR) is 74.3 cm³/mol. The molecule has 0 radical (unpaired) electrons. The zero-order valence-electron chi connectivity index (χ0n) is 12.0. The third kappa shape index (κ3) is 3.98. The summed E-state index contributed by atoms with van der Waals surface area (Å²) in [5.74, 6) is 0.974. The summed E-state index contributed by atoms with van der Waals surface area (Å²) in [6.45, 7) is 4.24. The van der Waals surface area contributed by atoms with Gasteiger partial charge in [0, 0.05) is 6.04 Å². The second kappa shape index (κ2) is 6.17. The molecule has 1 aromatic carbocycles. The van der Waals surface area contributed by atoms with E-state index in [0.29, 0.717) is 17.4 Å². The SMILES string of the molecule is CC1CC(C)CC(NC(c2ccccc2)C(F)(F)F)C1. The number of hydrogen-bond donors (Lipinski definition) is 1. The fraction of sp³-hybridized carbons (Fsp3) is 0.625. The van der Waals surface area contributed by atoms with Crippen LogP contribution in [0.3, 0.4) is 0 Å². The highest BCUT2D eigenvalue weighted by atomic mass is 19.4. The summed E-state index contributed by atoms with van der Waals surface area (Å²) in [5, 5.41) is 2.85. The average Bonchev–Trinajstić information content (AvgIpc) is 2.34. The van der Waals surface area contributed by atoms with Gasteiger partial charge in [-0.05, 0) is 36.7 Å². The first kappa shape index (κ1) is 15.4. The van der Waals surface area contributed by atoms with E-state index in [1.165, 1.54) is 0 Å². The second-order valence-corrected chi connectivity index (χ2v) is 6.17. The van der Waals surface area contributed by atoms with Gasteiger partial charge >= 0.3 is 6.18 Å². The molecule has 4 heteroatoms. The predicted octanol–water partition coefficient (Wildman–Crippen LogP) is 4.70. The molecular weight excluding hydrogens is 263 g/mol. The molecular formula is C16H22F3N. The maximum atomic E-state index is 13.3. The van der Waals surface area contributed by atoms with Gasteiger partial charge in [0.2, 0.25) is 0 Å². The van der Waals surface area contributed by atoms with Crippen molar-refractivity contribution >= 4 is 0 Å². The lowest BCUT2D eigenvalue weighted by atomic mass is 9.80. The number of halogens is 3. The lowest BCUT2D eigenvalue weighted by molar-refractivity contribution is -0.160. The standard InChI is InChI=1S/C16H22F3N/c1-11-8-12(2)10-14(9-11)20-15(16(17,18)19)13-6-4-3-5-7-13/h3-7,11-12,14-15,20H,8-10H2,1-2H3. The van der Waals surface area contributed by atoms with Gasteiger partial charge in [-0.3, -0.25) is 5.32 Å². The highest BCUT2D eigenvalue weighted by Crippen LogP contribution is 2.36. The Morgan fingerprint density at radius 3 is 2.05 bits per heavy atom. The zero-order valence-corrected chi connectivity index (χ0v) is 12.0. The largest absolute Gasteiger partial charge is 0.407 e. The fourth-order valence-electron chi connectivity index (χ4n) is 3.34. The van der Waals surface area contributed by atoms with E-state index in [4.69, 9.17) is 0 Å². The molecule has 0 amide bonds. The van der Waals surface area contributed by atoms with E-state index in [1.807, 2.05) is 0 Å². The normalized spacial score (nSPS) is 29.1. The van der Waals surface area contributed by atoms with Gasteiger partial charge in [-0.15, -0.1) is 0 Å². The molecule has 0 saturated heterocycles. The van der Waals surface area contributed by atoms with Gasteiger partial charge in [-0.1, -0.05) is 44.2 Å². The molecule has 1 N–H and O–H groups in total. The topological polar surface area (TPSA) is 12.0 Å². The lowest BCUT2D eigenvalue weighted by Crippen LogP contribution is -2.43. The summed E-state index contributed by atoms with van der Waals surface area (Å²) in [6.07, 6.45) is -1.50. The van der Waals surface area contributed by atoms with Crippen LogP contribution >= 0.6 is 0 Å². The number of nitrogens with one attached hydrogen (secondary N) is 1. The van der Waals surface area contributed by atoms with Crippen LogP contribution in [0.4, 0.5) is 13.2 Å². The second-order valence-electron chi connectivity index (χ2n) is 6.17. The van der Waals surface area contributed by atoms with Gasteiger partial charge in [-0.2, -0.15) is 13.2 Å². The molecule has 1 aliphatic rings. The minimum absolute atomic E-state index is 0.0550. The molecule has 0 bridgehead atoms. The monoisotopic (exact) mass is 285 g/mol. The number of alkyl halides is 3. The maximum absolute atomic E-state index is 13.3. The first-order valence-corrected chi connectivity index (χ1v) is 7.24. The van der Waals surface area contributed by atoms with E-state index in [1.54, 1.807) is 30.3 Å². The Labute approximate surface area is 118 Å². The van der Waals surface area contributed by atoms with E-state index >= 15 is 0 Å². The van der Waals surface area contributed by atoms with Crippen molar-refractivity contribution < 1.29 is 13.2 Å². The third-order valence-electron chi connectivity index (χ3n) is 4.04. The molecule has 0 aromatic heterocycles. The smallest absolute Gasteiger partial charge is 0.300 e. The summed E-state index contributed by atoms with van der Waals surface area (Å²) in [4.78, 5) is 0. The first-order valence-electron chi connectivity index (χ1n) is 7.24. The molecule has 1 aromatic rings. The van der Waals surface area contributed by atoms with Crippen LogP contribution in [0.5, 0.6) is 0 Å². The lowest BCUT2D eigenvalue weighted by Gasteiger charge is -2.35. The molecule has 1 saturated carbocycles. The van der Waals surface area contributed by atoms with Gasteiger partial charge in [-0.25, -0.2) is 0 Å². The Hall–Kier alpha value is -1.03. The quantitative estimate of drug-likeness (QED) is 0.848. The van der Waals surface area contributed by atoms with Crippen LogP contribution in [0.2, 0.25) is 0 Å². The summed E-state index contributed by atoms with van der Waals surface area (Å²) < 4.78 is 39.9. The molecule has 1 nitrogen and oxygen atoms in total. The Balaban J connectivity index is 2.13. The molecule has 3 unspecified atom stereocenters. The molecule has 2 rings (SSSR count). The van der Waals surface area contributed by atoms with Crippen molar-refractivity contribution in [3.63, 3.8) is 0 Å². The zero-order chi connectivity index (χ0) is 14.8. The van der Waals surface area contributed by atoms with Gasteiger partial charge in [0.25, 0.3) is 0 Å². The molecule has 1 aliphatic carbocycles. The van der Waals surface area contributed by atoms with Gasteiger partial charge in [0.15, 0.2) is 0 Å². The van der Waals surface area contributed by atoms with E-state index in [-0.39, 0.29) is 6.04 Å². The van der Waals surface area contributed by atoms with Gasteiger partial charge < -0.3 is 0 Å². The minimum Gasteiger partial charge on any atom is -0.300 e. The number of hydrogen-bond acceptors (Lipinski definition) is 1. The van der Waals surface area contributed by atoms with E-state index in [2.05, 4.69) is 19.2 Å². The van der Waals surface area contributed by atoms with Crippen molar-refractivity contribution in [2.45, 2.75) is 51.4 Å². The van der Waals surface area contributed by atoms with Crippen molar-refractivity contribution in [1.29, 1.82) is 0 Å². The molecule has 112 valence electrons. The Bertz CT molecular complexity index is 405. The van der Waals surface area contributed by atoms with Crippen LogP contribution in [0.1, 0.15) is 44.7 Å². The minimum atomic E-state index is -4.26. The summed E-state index contributed by atoms with van der Waals surface area (Å²) in [6, 6.07) is 6.51. The summed E-state index contributed by atoms with van der Waals surface area (Å²) in [7, 11) is 0. The van der Waals surface area contributed by atoms with Crippen molar-refractivity contribution in [3.05, 3.63) is 35.9 Å². The molecule has 0 heterocycles.